The highest BCUT2D eigenvalue weighted by molar-refractivity contribution is 7.17. The predicted molar refractivity (Wildman–Crippen MR) is 116 cm³/mol. The van der Waals surface area contributed by atoms with Crippen LogP contribution in [-0.2, 0) is 0 Å². The highest BCUT2D eigenvalue weighted by Gasteiger charge is 2.14. The van der Waals surface area contributed by atoms with Crippen molar-refractivity contribution < 1.29 is 0 Å². The van der Waals surface area contributed by atoms with E-state index in [0.29, 0.717) is 5.92 Å². The first-order valence-electron chi connectivity index (χ1n) is 9.19. The topological polar surface area (TPSA) is 37.8 Å². The number of nitrogens with one attached hydrogen (secondary N) is 1. The van der Waals surface area contributed by atoms with Crippen LogP contribution in [0.25, 0.3) is 21.3 Å². The number of fused-ring (bicyclic) bond motifs is 1. The van der Waals surface area contributed by atoms with E-state index >= 15 is 0 Å². The molecule has 0 radical (unpaired) electrons. The summed E-state index contributed by atoms with van der Waals surface area (Å²) < 4.78 is 0. The van der Waals surface area contributed by atoms with E-state index in [1.54, 1.807) is 17.7 Å². The molecule has 4 aromatic rings. The van der Waals surface area contributed by atoms with E-state index in [1.165, 1.54) is 27.8 Å². The van der Waals surface area contributed by atoms with E-state index in [0.717, 1.165) is 21.7 Å². The molecule has 1 N–H and O–H groups in total. The standard InChI is InChI=1S/C23H23N3S/c1-14(2)17-7-9-18(10-8-17)19-12-27-23-21(19)22(24-13-25-23)26-20-11-15(3)5-6-16(20)4/h5-14H,1-4H3,(H,24,25,26). The first-order chi connectivity index (χ1) is 13.0. The number of benzene rings is 2. The fourth-order valence-electron chi connectivity index (χ4n) is 3.23. The van der Waals surface area contributed by atoms with Crippen molar-refractivity contribution in [2.75, 3.05) is 5.32 Å². The fraction of sp³-hybridized carbons (Fsp3) is 0.217. The van der Waals surface area contributed by atoms with Crippen LogP contribution in [0.15, 0.2) is 54.2 Å². The van der Waals surface area contributed by atoms with Crippen molar-refractivity contribution in [3.05, 3.63) is 70.9 Å². The van der Waals surface area contributed by atoms with Gasteiger partial charge in [0.2, 0.25) is 0 Å². The van der Waals surface area contributed by atoms with E-state index in [1.807, 2.05) is 0 Å². The van der Waals surface area contributed by atoms with Crippen LogP contribution < -0.4 is 5.32 Å². The van der Waals surface area contributed by atoms with Gasteiger partial charge in [0.1, 0.15) is 17.0 Å². The van der Waals surface area contributed by atoms with Crippen molar-refractivity contribution in [3.8, 4) is 11.1 Å². The minimum atomic E-state index is 0.531. The Morgan fingerprint density at radius 2 is 1.74 bits per heavy atom. The number of thiophene rings is 1. The molecule has 0 bridgehead atoms. The molecule has 0 saturated heterocycles. The van der Waals surface area contributed by atoms with Gasteiger partial charge in [-0.1, -0.05) is 50.2 Å². The average Bonchev–Trinajstić information content (AvgIpc) is 3.10. The summed E-state index contributed by atoms with van der Waals surface area (Å²) in [5, 5.41) is 6.80. The molecule has 0 spiro atoms. The molecular formula is C23H23N3S. The van der Waals surface area contributed by atoms with Gasteiger partial charge < -0.3 is 5.32 Å². The van der Waals surface area contributed by atoms with Crippen LogP contribution in [0.3, 0.4) is 0 Å². The molecule has 0 aliphatic carbocycles. The molecule has 2 aromatic heterocycles. The van der Waals surface area contributed by atoms with Gasteiger partial charge in [-0.05, 0) is 48.1 Å². The van der Waals surface area contributed by atoms with E-state index in [-0.39, 0.29) is 0 Å². The van der Waals surface area contributed by atoms with Gasteiger partial charge in [-0.3, -0.25) is 0 Å². The molecule has 2 aromatic carbocycles. The zero-order chi connectivity index (χ0) is 19.0. The number of aromatic nitrogens is 2. The Hall–Kier alpha value is -2.72. The summed E-state index contributed by atoms with van der Waals surface area (Å²) in [6.07, 6.45) is 1.64. The lowest BCUT2D eigenvalue weighted by Crippen LogP contribution is -1.98. The maximum Gasteiger partial charge on any atom is 0.143 e. The van der Waals surface area contributed by atoms with Crippen LogP contribution in [0.4, 0.5) is 11.5 Å². The molecule has 0 amide bonds. The molecule has 4 heteroatoms. The molecule has 0 fully saturated rings. The highest BCUT2D eigenvalue weighted by Crippen LogP contribution is 2.38. The van der Waals surface area contributed by atoms with E-state index in [2.05, 4.69) is 90.8 Å². The molecule has 0 unspecified atom stereocenters. The monoisotopic (exact) mass is 373 g/mol. The van der Waals surface area contributed by atoms with Crippen molar-refractivity contribution in [1.82, 2.24) is 9.97 Å². The maximum absolute atomic E-state index is 4.56. The molecule has 27 heavy (non-hydrogen) atoms. The van der Waals surface area contributed by atoms with Gasteiger partial charge in [0.15, 0.2) is 0 Å². The van der Waals surface area contributed by atoms with Crippen molar-refractivity contribution in [1.29, 1.82) is 0 Å². The van der Waals surface area contributed by atoms with Gasteiger partial charge in [0.05, 0.1) is 5.39 Å². The van der Waals surface area contributed by atoms with E-state index < -0.39 is 0 Å². The summed E-state index contributed by atoms with van der Waals surface area (Å²) in [5.74, 6) is 1.39. The molecule has 3 nitrogen and oxygen atoms in total. The lowest BCUT2D eigenvalue weighted by molar-refractivity contribution is 0.867. The van der Waals surface area contributed by atoms with Crippen molar-refractivity contribution in [3.63, 3.8) is 0 Å². The molecule has 0 aliphatic rings. The minimum Gasteiger partial charge on any atom is -0.339 e. The largest absolute Gasteiger partial charge is 0.339 e. The van der Waals surface area contributed by atoms with Crippen LogP contribution in [-0.4, -0.2) is 9.97 Å². The Kier molecular flexibility index (Phi) is 4.66. The number of rotatable bonds is 4. The molecule has 4 rings (SSSR count). The third-order valence-electron chi connectivity index (χ3n) is 4.90. The quantitative estimate of drug-likeness (QED) is 0.425. The molecule has 136 valence electrons. The second-order valence-electron chi connectivity index (χ2n) is 7.27. The lowest BCUT2D eigenvalue weighted by Gasteiger charge is -2.12. The number of hydrogen-bond acceptors (Lipinski definition) is 4. The Labute approximate surface area is 164 Å². The van der Waals surface area contributed by atoms with E-state index in [4.69, 9.17) is 0 Å². The molecule has 2 heterocycles. The van der Waals surface area contributed by atoms with Crippen LogP contribution in [0, 0.1) is 13.8 Å². The normalized spacial score (nSPS) is 11.3. The average molecular weight is 374 g/mol. The van der Waals surface area contributed by atoms with Gasteiger partial charge in [-0.25, -0.2) is 9.97 Å². The third-order valence-corrected chi connectivity index (χ3v) is 5.79. The first-order valence-corrected chi connectivity index (χ1v) is 10.1. The molecule has 0 atom stereocenters. The van der Waals surface area contributed by atoms with Crippen LogP contribution >= 0.6 is 11.3 Å². The lowest BCUT2D eigenvalue weighted by atomic mass is 9.99. The second-order valence-corrected chi connectivity index (χ2v) is 8.13. The fourth-order valence-corrected chi connectivity index (χ4v) is 4.14. The zero-order valence-corrected chi connectivity index (χ0v) is 16.9. The summed E-state index contributed by atoms with van der Waals surface area (Å²) in [4.78, 5) is 10.0. The Bertz CT molecular complexity index is 1090. The Balaban J connectivity index is 1.81. The van der Waals surface area contributed by atoms with E-state index in [9.17, 15) is 0 Å². The summed E-state index contributed by atoms with van der Waals surface area (Å²) >= 11 is 1.66. The zero-order valence-electron chi connectivity index (χ0n) is 16.1. The Morgan fingerprint density at radius 3 is 2.48 bits per heavy atom. The van der Waals surface area contributed by atoms with Gasteiger partial charge in [0, 0.05) is 16.6 Å². The number of nitrogens with zero attached hydrogens (tertiary/aromatic N) is 2. The number of aryl methyl sites for hydroxylation is 2. The number of anilines is 2. The summed E-state index contributed by atoms with van der Waals surface area (Å²) in [5.41, 5.74) is 7.24. The summed E-state index contributed by atoms with van der Waals surface area (Å²) in [6.45, 7) is 8.65. The summed E-state index contributed by atoms with van der Waals surface area (Å²) in [6, 6.07) is 15.2. The van der Waals surface area contributed by atoms with Gasteiger partial charge >= 0.3 is 0 Å². The van der Waals surface area contributed by atoms with Crippen molar-refractivity contribution in [2.45, 2.75) is 33.6 Å². The maximum atomic E-state index is 4.56. The molecule has 0 saturated carbocycles. The van der Waals surface area contributed by atoms with Gasteiger partial charge in [-0.2, -0.15) is 0 Å². The highest BCUT2D eigenvalue weighted by atomic mass is 32.1. The van der Waals surface area contributed by atoms with Crippen LogP contribution in [0.1, 0.15) is 36.5 Å². The first kappa shape index (κ1) is 17.7. The third kappa shape index (κ3) is 3.45. The van der Waals surface area contributed by atoms with Crippen molar-refractivity contribution >= 4 is 33.1 Å². The van der Waals surface area contributed by atoms with Gasteiger partial charge in [0.25, 0.3) is 0 Å². The Morgan fingerprint density at radius 1 is 0.963 bits per heavy atom. The molecular weight excluding hydrogens is 350 g/mol. The molecule has 0 aliphatic heterocycles. The SMILES string of the molecule is Cc1ccc(C)c(Nc2ncnc3scc(-c4ccc(C(C)C)cc4)c23)c1. The van der Waals surface area contributed by atoms with Crippen molar-refractivity contribution in [2.24, 2.45) is 0 Å². The number of hydrogen-bond donors (Lipinski definition) is 1. The second kappa shape index (κ2) is 7.12. The predicted octanol–water partition coefficient (Wildman–Crippen LogP) is 6.84. The van der Waals surface area contributed by atoms with Gasteiger partial charge in [-0.15, -0.1) is 11.3 Å². The van der Waals surface area contributed by atoms with Crippen LogP contribution in [0.5, 0.6) is 0 Å². The summed E-state index contributed by atoms with van der Waals surface area (Å²) in [7, 11) is 0. The van der Waals surface area contributed by atoms with Crippen LogP contribution in [0.2, 0.25) is 0 Å². The minimum absolute atomic E-state index is 0.531. The smallest absolute Gasteiger partial charge is 0.143 e.